The summed E-state index contributed by atoms with van der Waals surface area (Å²) < 4.78 is 21.0. The molecule has 0 aliphatic rings. The number of hydrogen-bond donors (Lipinski definition) is 2. The molecular weight excluding hydrogens is 359 g/mol. The smallest absolute Gasteiger partial charge is 0.224 e. The first-order valence-electron chi connectivity index (χ1n) is 9.04. The van der Waals surface area contributed by atoms with Crippen molar-refractivity contribution >= 4 is 5.96 Å². The number of nitrogens with one attached hydrogen (secondary N) is 2. The number of aryl methyl sites for hydroxylation is 1. The lowest BCUT2D eigenvalue weighted by atomic mass is 10.2. The lowest BCUT2D eigenvalue weighted by Gasteiger charge is -2.14. The van der Waals surface area contributed by atoms with Crippen LogP contribution in [0.5, 0.6) is 11.6 Å². The van der Waals surface area contributed by atoms with Crippen molar-refractivity contribution in [3.63, 3.8) is 0 Å². The van der Waals surface area contributed by atoms with Gasteiger partial charge in [-0.05, 0) is 30.7 Å². The molecule has 8 heteroatoms. The van der Waals surface area contributed by atoms with Crippen LogP contribution in [0.25, 0.3) is 0 Å². The van der Waals surface area contributed by atoms with Gasteiger partial charge in [-0.1, -0.05) is 12.1 Å². The van der Waals surface area contributed by atoms with Gasteiger partial charge in [0.05, 0.1) is 0 Å². The zero-order chi connectivity index (χ0) is 19.6. The summed E-state index contributed by atoms with van der Waals surface area (Å²) in [6, 6.07) is 11.6. The monoisotopic (exact) mass is 382 g/mol. The van der Waals surface area contributed by atoms with Crippen LogP contribution in [-0.2, 0) is 13.1 Å². The van der Waals surface area contributed by atoms with Crippen molar-refractivity contribution in [2.45, 2.75) is 19.5 Å². The topological polar surface area (TPSA) is 76.4 Å². The normalized spacial score (nSPS) is 11.3. The average molecular weight is 382 g/mol. The number of nitrogens with zero attached hydrogens (tertiary/aromatic N) is 4. The molecule has 2 N–H and O–H groups in total. The van der Waals surface area contributed by atoms with Crippen LogP contribution in [0.1, 0.15) is 12.0 Å². The molecular formula is C20H23FN6O. The second-order valence-electron chi connectivity index (χ2n) is 6.00. The fourth-order valence-electron chi connectivity index (χ4n) is 2.57. The molecule has 0 fully saturated rings. The highest BCUT2D eigenvalue weighted by Gasteiger charge is 2.08. The summed E-state index contributed by atoms with van der Waals surface area (Å²) in [6.07, 6.45) is 6.27. The van der Waals surface area contributed by atoms with E-state index in [4.69, 9.17) is 4.74 Å². The number of guanidine groups is 1. The standard InChI is InChI=1S/C20H23FN6O/c1-22-20(24-10-4-12-27-13-5-11-26-27)25-15-16-6-3-9-23-19(16)28-18-8-2-7-17(21)14-18/h2-3,5-9,11,13-14H,4,10,12,15H2,1H3,(H2,22,24,25). The highest BCUT2D eigenvalue weighted by atomic mass is 19.1. The molecule has 28 heavy (non-hydrogen) atoms. The van der Waals surface area contributed by atoms with Gasteiger partial charge in [-0.2, -0.15) is 5.10 Å². The van der Waals surface area contributed by atoms with Crippen molar-refractivity contribution < 1.29 is 9.13 Å². The molecule has 0 saturated carbocycles. The Labute approximate surface area is 163 Å². The molecule has 0 amide bonds. The largest absolute Gasteiger partial charge is 0.439 e. The van der Waals surface area contributed by atoms with Crippen LogP contribution in [0, 0.1) is 5.82 Å². The maximum atomic E-state index is 13.4. The highest BCUT2D eigenvalue weighted by molar-refractivity contribution is 5.79. The van der Waals surface area contributed by atoms with E-state index in [1.807, 2.05) is 29.1 Å². The Morgan fingerprint density at radius 3 is 2.89 bits per heavy atom. The molecule has 146 valence electrons. The zero-order valence-electron chi connectivity index (χ0n) is 15.7. The van der Waals surface area contributed by atoms with Crippen LogP contribution in [0.15, 0.2) is 66.0 Å². The van der Waals surface area contributed by atoms with Gasteiger partial charge in [0.15, 0.2) is 5.96 Å². The van der Waals surface area contributed by atoms with Gasteiger partial charge in [0.2, 0.25) is 5.88 Å². The third-order valence-corrected chi connectivity index (χ3v) is 3.95. The van der Waals surface area contributed by atoms with Gasteiger partial charge in [0.25, 0.3) is 0 Å². The molecule has 3 aromatic rings. The van der Waals surface area contributed by atoms with Crippen molar-refractivity contribution in [3.8, 4) is 11.6 Å². The molecule has 0 spiro atoms. The van der Waals surface area contributed by atoms with E-state index in [0.29, 0.717) is 24.1 Å². The lowest BCUT2D eigenvalue weighted by molar-refractivity contribution is 0.450. The van der Waals surface area contributed by atoms with Gasteiger partial charge in [-0.3, -0.25) is 9.67 Å². The Morgan fingerprint density at radius 1 is 1.18 bits per heavy atom. The van der Waals surface area contributed by atoms with Crippen molar-refractivity contribution in [3.05, 3.63) is 72.4 Å². The minimum atomic E-state index is -0.354. The van der Waals surface area contributed by atoms with Crippen molar-refractivity contribution in [2.75, 3.05) is 13.6 Å². The summed E-state index contributed by atoms with van der Waals surface area (Å²) in [5.74, 6) is 1.16. The summed E-state index contributed by atoms with van der Waals surface area (Å²) in [5.41, 5.74) is 0.839. The molecule has 0 radical (unpaired) electrons. The first-order valence-corrected chi connectivity index (χ1v) is 9.04. The quantitative estimate of drug-likeness (QED) is 0.356. The van der Waals surface area contributed by atoms with Crippen LogP contribution in [0.3, 0.4) is 0 Å². The van der Waals surface area contributed by atoms with E-state index in [0.717, 1.165) is 25.1 Å². The Balaban J connectivity index is 1.51. The highest BCUT2D eigenvalue weighted by Crippen LogP contribution is 2.23. The Kier molecular flexibility index (Phi) is 6.95. The molecule has 0 unspecified atom stereocenters. The van der Waals surface area contributed by atoms with Gasteiger partial charge >= 0.3 is 0 Å². The number of pyridine rings is 1. The zero-order valence-corrected chi connectivity index (χ0v) is 15.7. The van der Waals surface area contributed by atoms with E-state index in [9.17, 15) is 4.39 Å². The number of benzene rings is 1. The fraction of sp³-hybridized carbons (Fsp3) is 0.250. The van der Waals surface area contributed by atoms with Crippen LogP contribution in [-0.4, -0.2) is 34.3 Å². The predicted octanol–water partition coefficient (Wildman–Crippen LogP) is 2.96. The molecule has 0 bridgehead atoms. The number of rotatable bonds is 8. The SMILES string of the molecule is CN=C(NCCCn1cccn1)NCc1cccnc1Oc1cccc(F)c1. The summed E-state index contributed by atoms with van der Waals surface area (Å²) in [4.78, 5) is 8.48. The second kappa shape index (κ2) is 10.1. The van der Waals surface area contributed by atoms with Crippen LogP contribution in [0.2, 0.25) is 0 Å². The molecule has 0 aliphatic heterocycles. The Bertz CT molecular complexity index is 897. The van der Waals surface area contributed by atoms with Gasteiger partial charge < -0.3 is 15.4 Å². The van der Waals surface area contributed by atoms with E-state index in [2.05, 4.69) is 25.7 Å². The lowest BCUT2D eigenvalue weighted by Crippen LogP contribution is -2.37. The van der Waals surface area contributed by atoms with Gasteiger partial charge in [-0.15, -0.1) is 0 Å². The summed E-state index contributed by atoms with van der Waals surface area (Å²) in [6.45, 7) is 2.07. The molecule has 0 atom stereocenters. The number of aliphatic imine (C=N–C) groups is 1. The van der Waals surface area contributed by atoms with Crippen LogP contribution in [0.4, 0.5) is 4.39 Å². The number of halogens is 1. The molecule has 0 aliphatic carbocycles. The number of hydrogen-bond acceptors (Lipinski definition) is 4. The number of ether oxygens (including phenoxy) is 1. The summed E-state index contributed by atoms with van der Waals surface area (Å²) in [5, 5.41) is 10.7. The first kappa shape index (κ1) is 19.3. The van der Waals surface area contributed by atoms with Gasteiger partial charge in [0.1, 0.15) is 11.6 Å². The minimum Gasteiger partial charge on any atom is -0.439 e. The van der Waals surface area contributed by atoms with Crippen LogP contribution < -0.4 is 15.4 Å². The maximum Gasteiger partial charge on any atom is 0.224 e. The summed E-state index contributed by atoms with van der Waals surface area (Å²) >= 11 is 0. The third-order valence-electron chi connectivity index (χ3n) is 3.95. The van der Waals surface area contributed by atoms with Crippen molar-refractivity contribution in [1.82, 2.24) is 25.4 Å². The van der Waals surface area contributed by atoms with E-state index >= 15 is 0 Å². The van der Waals surface area contributed by atoms with Gasteiger partial charge in [-0.25, -0.2) is 9.37 Å². The molecule has 2 heterocycles. The fourth-order valence-corrected chi connectivity index (χ4v) is 2.57. The van der Waals surface area contributed by atoms with E-state index in [1.165, 1.54) is 12.1 Å². The Hall–Kier alpha value is -3.42. The minimum absolute atomic E-state index is 0.354. The Morgan fingerprint density at radius 2 is 2.11 bits per heavy atom. The molecule has 1 aromatic carbocycles. The molecule has 2 aromatic heterocycles. The molecule has 0 saturated heterocycles. The summed E-state index contributed by atoms with van der Waals surface area (Å²) in [7, 11) is 1.72. The van der Waals surface area contributed by atoms with Crippen molar-refractivity contribution in [1.29, 1.82) is 0 Å². The van der Waals surface area contributed by atoms with Crippen LogP contribution >= 0.6 is 0 Å². The predicted molar refractivity (Wildman–Crippen MR) is 106 cm³/mol. The van der Waals surface area contributed by atoms with E-state index < -0.39 is 0 Å². The third kappa shape index (κ3) is 5.80. The van der Waals surface area contributed by atoms with Gasteiger partial charge in [0, 0.05) is 56.9 Å². The maximum absolute atomic E-state index is 13.4. The van der Waals surface area contributed by atoms with E-state index in [1.54, 1.807) is 31.6 Å². The number of aromatic nitrogens is 3. The average Bonchev–Trinajstić information content (AvgIpc) is 3.22. The first-order chi connectivity index (χ1) is 13.7. The van der Waals surface area contributed by atoms with E-state index in [-0.39, 0.29) is 5.82 Å². The van der Waals surface area contributed by atoms with Crippen molar-refractivity contribution in [2.24, 2.45) is 4.99 Å². The second-order valence-corrected chi connectivity index (χ2v) is 6.00. The molecule has 3 rings (SSSR count). The molecule has 7 nitrogen and oxygen atoms in total.